The maximum absolute atomic E-state index is 13.1. The molecular formula is C19H22N2O3. The average molecular weight is 326 g/mol. The molecule has 0 spiro atoms. The minimum absolute atomic E-state index is 0.0176. The van der Waals surface area contributed by atoms with Gasteiger partial charge in [0.15, 0.2) is 0 Å². The van der Waals surface area contributed by atoms with E-state index in [0.29, 0.717) is 5.76 Å². The Hall–Kier alpha value is -2.30. The highest BCUT2D eigenvalue weighted by atomic mass is 16.5. The van der Waals surface area contributed by atoms with Gasteiger partial charge in [0.25, 0.3) is 5.91 Å². The van der Waals surface area contributed by atoms with Gasteiger partial charge in [-0.2, -0.15) is 0 Å². The summed E-state index contributed by atoms with van der Waals surface area (Å²) in [5.41, 5.74) is 3.12. The second kappa shape index (κ2) is 6.30. The summed E-state index contributed by atoms with van der Waals surface area (Å²) >= 11 is 0. The molecule has 4 rings (SSSR count). The van der Waals surface area contributed by atoms with Crippen molar-refractivity contribution >= 4 is 5.91 Å². The van der Waals surface area contributed by atoms with Gasteiger partial charge < -0.3 is 14.2 Å². The number of hydrogen-bond donors (Lipinski definition) is 0. The second-order valence-corrected chi connectivity index (χ2v) is 6.58. The van der Waals surface area contributed by atoms with Gasteiger partial charge in [0.2, 0.25) is 5.76 Å². The Bertz CT molecular complexity index is 753. The van der Waals surface area contributed by atoms with E-state index in [0.717, 1.165) is 67.6 Å². The lowest BCUT2D eigenvalue weighted by atomic mass is 9.95. The molecule has 0 bridgehead atoms. The molecule has 2 aromatic rings. The van der Waals surface area contributed by atoms with Crippen molar-refractivity contribution in [2.45, 2.75) is 44.6 Å². The van der Waals surface area contributed by atoms with Crippen molar-refractivity contribution in [3.63, 3.8) is 0 Å². The Labute approximate surface area is 141 Å². The number of fused-ring (bicyclic) bond motifs is 1. The average Bonchev–Trinajstić information content (AvgIpc) is 3.28. The summed E-state index contributed by atoms with van der Waals surface area (Å²) in [5.74, 6) is 1.26. The standard InChI is InChI=1S/C19H22N2O3/c1-23-14-7-4-6-13(12-14)17-10-5-11-21(17)19(22)18-15-8-2-3-9-16(15)20-24-18/h4,6-7,12,17H,2-3,5,8-11H2,1H3. The monoisotopic (exact) mass is 326 g/mol. The number of carbonyl (C=O) groups excluding carboxylic acids is 1. The fourth-order valence-electron chi connectivity index (χ4n) is 3.89. The van der Waals surface area contributed by atoms with Crippen LogP contribution in [0.15, 0.2) is 28.8 Å². The molecule has 1 saturated heterocycles. The molecule has 1 aromatic heterocycles. The lowest BCUT2D eigenvalue weighted by Gasteiger charge is -2.25. The zero-order valence-electron chi connectivity index (χ0n) is 14.0. The normalized spacial score (nSPS) is 20.0. The zero-order chi connectivity index (χ0) is 16.5. The van der Waals surface area contributed by atoms with Crippen molar-refractivity contribution in [3.8, 4) is 5.75 Å². The molecule has 2 aliphatic rings. The van der Waals surface area contributed by atoms with E-state index in [9.17, 15) is 4.79 Å². The number of rotatable bonds is 3. The molecule has 126 valence electrons. The minimum Gasteiger partial charge on any atom is -0.497 e. The van der Waals surface area contributed by atoms with E-state index in [1.165, 1.54) is 0 Å². The zero-order valence-corrected chi connectivity index (χ0v) is 14.0. The number of amides is 1. The molecule has 1 aliphatic carbocycles. The maximum Gasteiger partial charge on any atom is 0.293 e. The number of nitrogens with zero attached hydrogens (tertiary/aromatic N) is 2. The molecule has 1 unspecified atom stereocenters. The Kier molecular flexibility index (Phi) is 4.00. The molecule has 0 radical (unpaired) electrons. The number of methoxy groups -OCH3 is 1. The van der Waals surface area contributed by atoms with Crippen LogP contribution in [0.5, 0.6) is 5.75 Å². The van der Waals surface area contributed by atoms with Gasteiger partial charge in [-0.1, -0.05) is 17.3 Å². The maximum atomic E-state index is 13.1. The molecule has 0 saturated carbocycles. The van der Waals surface area contributed by atoms with Crippen molar-refractivity contribution in [2.75, 3.05) is 13.7 Å². The van der Waals surface area contributed by atoms with Crippen LogP contribution in [-0.4, -0.2) is 29.6 Å². The van der Waals surface area contributed by atoms with Crippen LogP contribution >= 0.6 is 0 Å². The number of aryl methyl sites for hydroxylation is 1. The molecular weight excluding hydrogens is 304 g/mol. The highest BCUT2D eigenvalue weighted by Crippen LogP contribution is 2.35. The molecule has 1 amide bonds. The van der Waals surface area contributed by atoms with E-state index in [4.69, 9.17) is 9.26 Å². The first kappa shape index (κ1) is 15.2. The first-order valence-electron chi connectivity index (χ1n) is 8.70. The van der Waals surface area contributed by atoms with Gasteiger partial charge in [0.05, 0.1) is 18.8 Å². The molecule has 1 aliphatic heterocycles. The first-order chi connectivity index (χ1) is 11.8. The smallest absolute Gasteiger partial charge is 0.293 e. The third kappa shape index (κ3) is 2.58. The molecule has 2 heterocycles. The summed E-state index contributed by atoms with van der Waals surface area (Å²) in [4.78, 5) is 15.0. The minimum atomic E-state index is -0.0176. The number of likely N-dealkylation sites (tertiary alicyclic amines) is 1. The van der Waals surface area contributed by atoms with Gasteiger partial charge in [0.1, 0.15) is 5.75 Å². The fraction of sp³-hybridized carbons (Fsp3) is 0.474. The fourth-order valence-corrected chi connectivity index (χ4v) is 3.89. The highest BCUT2D eigenvalue weighted by molar-refractivity contribution is 5.93. The summed E-state index contributed by atoms with van der Waals surface area (Å²) in [6.07, 6.45) is 6.03. The SMILES string of the molecule is COc1cccc(C2CCCN2C(=O)c2onc3c2CCCC3)c1. The van der Waals surface area contributed by atoms with Crippen LogP contribution in [0, 0.1) is 0 Å². The number of aromatic nitrogens is 1. The summed E-state index contributed by atoms with van der Waals surface area (Å²) in [5, 5.41) is 4.13. The van der Waals surface area contributed by atoms with E-state index in [2.05, 4.69) is 11.2 Å². The van der Waals surface area contributed by atoms with Crippen LogP contribution in [0.3, 0.4) is 0 Å². The predicted molar refractivity (Wildman–Crippen MR) is 89.2 cm³/mol. The van der Waals surface area contributed by atoms with E-state index < -0.39 is 0 Å². The molecule has 5 heteroatoms. The molecule has 1 fully saturated rings. The number of benzene rings is 1. The van der Waals surface area contributed by atoms with Crippen LogP contribution in [0.4, 0.5) is 0 Å². The van der Waals surface area contributed by atoms with Gasteiger partial charge in [-0.15, -0.1) is 0 Å². The van der Waals surface area contributed by atoms with Gasteiger partial charge in [0, 0.05) is 12.1 Å². The third-order valence-corrected chi connectivity index (χ3v) is 5.15. The van der Waals surface area contributed by atoms with Gasteiger partial charge in [-0.25, -0.2) is 0 Å². The van der Waals surface area contributed by atoms with Gasteiger partial charge in [-0.3, -0.25) is 4.79 Å². The molecule has 1 aromatic carbocycles. The highest BCUT2D eigenvalue weighted by Gasteiger charge is 2.35. The van der Waals surface area contributed by atoms with Crippen molar-refractivity contribution in [1.82, 2.24) is 10.1 Å². The molecule has 24 heavy (non-hydrogen) atoms. The summed E-state index contributed by atoms with van der Waals surface area (Å²) in [6.45, 7) is 0.760. The van der Waals surface area contributed by atoms with Crippen molar-refractivity contribution in [3.05, 3.63) is 46.8 Å². The van der Waals surface area contributed by atoms with Gasteiger partial charge >= 0.3 is 0 Å². The second-order valence-electron chi connectivity index (χ2n) is 6.58. The molecule has 1 atom stereocenters. The topological polar surface area (TPSA) is 55.6 Å². The van der Waals surface area contributed by atoms with E-state index in [-0.39, 0.29) is 11.9 Å². The van der Waals surface area contributed by atoms with Crippen LogP contribution in [-0.2, 0) is 12.8 Å². The Morgan fingerprint density at radius 2 is 2.17 bits per heavy atom. The van der Waals surface area contributed by atoms with Crippen LogP contribution < -0.4 is 4.74 Å². The van der Waals surface area contributed by atoms with Crippen molar-refractivity contribution in [2.24, 2.45) is 0 Å². The number of hydrogen-bond acceptors (Lipinski definition) is 4. The number of carbonyl (C=O) groups is 1. The number of ether oxygens (including phenoxy) is 1. The lowest BCUT2D eigenvalue weighted by molar-refractivity contribution is 0.0691. The summed E-state index contributed by atoms with van der Waals surface area (Å²) in [7, 11) is 1.66. The Morgan fingerprint density at radius 1 is 1.29 bits per heavy atom. The first-order valence-corrected chi connectivity index (χ1v) is 8.70. The van der Waals surface area contributed by atoms with E-state index >= 15 is 0 Å². The van der Waals surface area contributed by atoms with Crippen LogP contribution in [0.1, 0.15) is 59.1 Å². The quantitative estimate of drug-likeness (QED) is 0.866. The van der Waals surface area contributed by atoms with Gasteiger partial charge in [-0.05, 0) is 56.2 Å². The molecule has 5 nitrogen and oxygen atoms in total. The predicted octanol–water partition coefficient (Wildman–Crippen LogP) is 3.54. The van der Waals surface area contributed by atoms with E-state index in [1.807, 2.05) is 23.1 Å². The van der Waals surface area contributed by atoms with Crippen LogP contribution in [0.25, 0.3) is 0 Å². The summed E-state index contributed by atoms with van der Waals surface area (Å²) < 4.78 is 10.8. The largest absolute Gasteiger partial charge is 0.497 e. The van der Waals surface area contributed by atoms with E-state index in [1.54, 1.807) is 7.11 Å². The summed E-state index contributed by atoms with van der Waals surface area (Å²) in [6, 6.07) is 8.07. The van der Waals surface area contributed by atoms with Crippen LogP contribution in [0.2, 0.25) is 0 Å². The van der Waals surface area contributed by atoms with Crippen molar-refractivity contribution < 1.29 is 14.1 Å². The Morgan fingerprint density at radius 3 is 3.04 bits per heavy atom. The molecule has 0 N–H and O–H groups in total. The van der Waals surface area contributed by atoms with Crippen molar-refractivity contribution in [1.29, 1.82) is 0 Å². The third-order valence-electron chi connectivity index (χ3n) is 5.15. The Balaban J connectivity index is 1.62. The lowest BCUT2D eigenvalue weighted by Crippen LogP contribution is -2.31.